The van der Waals surface area contributed by atoms with Crippen molar-refractivity contribution in [1.82, 2.24) is 8.80 Å². The molecule has 11 aromatic rings. The summed E-state index contributed by atoms with van der Waals surface area (Å²) in [5.41, 5.74) is 16.7. The Kier molecular flexibility index (Phi) is 28.2. The molecule has 0 spiro atoms. The predicted octanol–water partition coefficient (Wildman–Crippen LogP) is -7.26. The van der Waals surface area contributed by atoms with Crippen LogP contribution in [-0.2, 0) is 5.41 Å². The molecule has 55 radical (unpaired) electrons. The van der Waals surface area contributed by atoms with E-state index in [9.17, 15) is 0 Å². The first-order valence-electron chi connectivity index (χ1n) is 36.0. The van der Waals surface area contributed by atoms with Crippen molar-refractivity contribution in [1.29, 1.82) is 0 Å². The van der Waals surface area contributed by atoms with E-state index in [1.807, 2.05) is 0 Å². The average Bonchev–Trinajstić information content (AvgIpc) is 1.53. The molecular weight excluding hydrogens is 1230 g/mol. The summed E-state index contributed by atoms with van der Waals surface area (Å²) in [6, 6.07) is 73.7. The van der Waals surface area contributed by atoms with E-state index in [1.54, 1.807) is 0 Å². The van der Waals surface area contributed by atoms with Gasteiger partial charge in [-0.05, 0) is 94.0 Å². The van der Waals surface area contributed by atoms with Crippen LogP contribution in [0.3, 0.4) is 0 Å². The van der Waals surface area contributed by atoms with E-state index in [1.165, 1.54) is 84.3 Å². The molecule has 12 rings (SSSR count). The Morgan fingerprint density at radius 1 is 0.262 bits per heavy atom. The maximum atomic E-state index is 6.56. The Bertz CT molecular complexity index is 4550. The first-order chi connectivity index (χ1) is 50.9. The maximum absolute atomic E-state index is 6.56. The fourth-order valence-corrected chi connectivity index (χ4v) is 18.8. The van der Waals surface area contributed by atoms with Crippen LogP contribution in [0.5, 0.6) is 0 Å². The predicted molar refractivity (Wildman–Crippen MR) is 529 cm³/mol. The number of nitrogens with zero attached hydrogens (tertiary/aromatic N) is 3. The fourth-order valence-electron chi connectivity index (χ4n) is 18.8. The van der Waals surface area contributed by atoms with Crippen molar-refractivity contribution in [2.75, 3.05) is 4.90 Å². The van der Waals surface area contributed by atoms with Crippen LogP contribution in [0.25, 0.3) is 55.0 Å². The molecule has 1 aliphatic rings. The molecule has 8 aromatic carbocycles. The third-order valence-electron chi connectivity index (χ3n) is 22.8. The highest BCUT2D eigenvalue weighted by atomic mass is 15.1. The summed E-state index contributed by atoms with van der Waals surface area (Å²) in [5, 5.41) is 3.83. The van der Waals surface area contributed by atoms with Gasteiger partial charge in [0, 0.05) is 409 Å². The zero-order valence-corrected chi connectivity index (χ0v) is 60.0. The first kappa shape index (κ1) is 84.3. The van der Waals surface area contributed by atoms with Gasteiger partial charge < -0.3 is 4.90 Å². The van der Waals surface area contributed by atoms with E-state index in [0.717, 1.165) is 17.1 Å². The number of fused-ring (bicyclic) bond motifs is 12. The fraction of sp³-hybridized carbons (Fsp3) is 0.0196. The molecule has 3 aromatic heterocycles. The van der Waals surface area contributed by atoms with Gasteiger partial charge in [-0.15, -0.1) is 0 Å². The monoisotopic (exact) mass is 1270 g/mol. The van der Waals surface area contributed by atoms with Crippen molar-refractivity contribution >= 4 is 437 Å². The van der Waals surface area contributed by atoms with Crippen LogP contribution in [-0.4, -0.2) is 384 Å². The van der Waals surface area contributed by atoms with Crippen LogP contribution in [0, 0.1) is 0 Å². The highest BCUT2D eigenvalue weighted by Crippen LogP contribution is 2.57. The molecule has 56 heteroatoms. The van der Waals surface area contributed by atoms with Crippen molar-refractivity contribution in [2.45, 2.75) is 5.41 Å². The second-order valence-electron chi connectivity index (χ2n) is 29.1. The molecule has 0 saturated carbocycles. The smallest absolute Gasteiger partial charge is 0.131 e. The maximum Gasteiger partial charge on any atom is 0.131 e. The highest BCUT2D eigenvalue weighted by molar-refractivity contribution is 8.36. The molecule has 0 saturated heterocycles. The van der Waals surface area contributed by atoms with Gasteiger partial charge in [0.05, 0.1) is 27.5 Å². The minimum Gasteiger partial charge on any atom is -0.310 e. The summed E-state index contributed by atoms with van der Waals surface area (Å²) in [4.78, 5) is 2.44. The van der Waals surface area contributed by atoms with Gasteiger partial charge in [0.2, 0.25) is 0 Å². The summed E-state index contributed by atoms with van der Waals surface area (Å²) in [6.45, 7) is 0. The quantitative estimate of drug-likeness (QED) is 0.0409. The van der Waals surface area contributed by atoms with Crippen LogP contribution >= 0.6 is 0 Å². The SMILES string of the molecule is [B][B]B(B([B])[B])B(B(B([B])[B])B([B])[B])B(B(B([B])[B])B([B])[B])B(B(B(B([B])[B])B([B])[B])B(B([B])[B])B([B])[B])B(B(B([B])[B])B([B])[B])B(B([B])[B])B([B])[B].c1ccc(N(c2ccc3c(c2)C(c2ccccc2)(c2ccccc2)c2ccccc2-3)c2ccc3c(c2)c2c4ccccc4n4c5ccccc5n3c24)cc1. The van der Waals surface area contributed by atoms with Crippen LogP contribution in [0.4, 0.5) is 17.1 Å². The van der Waals surface area contributed by atoms with E-state index in [4.69, 9.17) is 209 Å². The first-order valence-corrected chi connectivity index (χ1v) is 36.0. The van der Waals surface area contributed by atoms with E-state index in [-0.39, 0.29) is 0 Å². The summed E-state index contributed by atoms with van der Waals surface area (Å²) < 4.78 is 4.90. The van der Waals surface area contributed by atoms with Gasteiger partial charge >= 0.3 is 0 Å². The van der Waals surface area contributed by atoms with Crippen molar-refractivity contribution in [2.24, 2.45) is 0 Å². The number of anilines is 3. The molecule has 107 heavy (non-hydrogen) atoms. The molecule has 3 heterocycles. The summed E-state index contributed by atoms with van der Waals surface area (Å²) in [6.07, 6.45) is -32.6. The van der Waals surface area contributed by atoms with Gasteiger partial charge in [-0.1, -0.05) is 140 Å². The number of aromatic nitrogens is 2. The molecule has 0 bridgehead atoms. The number of hydrogen-bond donors (Lipinski definition) is 0. The standard InChI is InChI=1S/C51H33N3.B53/c1-4-16-34(17-5-1)51(35-18-6-2-7-19-35)43-24-12-10-22-39(43)40-30-28-38(33-44(40)51)52(36-20-8-3-9-21-36)37-29-31-46-42(32-37)49-41-23-11-13-25-45(41)53-47-26-14-15-27-48(47)54(46)50(49)53;1-28-42(29(2)3)49(43(30(4)5)31(6)7)52(48(40(24)25)41(26)27)53(50(44(32(8)9)33(10)11)45(34(12)13)35(14)15)51(46(36(16)17)37(18)19)47(38(20)21)39(22)23/h1-33H;. The molecule has 3 nitrogen and oxygen atoms in total. The van der Waals surface area contributed by atoms with Crippen LogP contribution in [0.15, 0.2) is 200 Å². The average molecular weight is 1260 g/mol. The summed E-state index contributed by atoms with van der Waals surface area (Å²) >= 11 is 0. The van der Waals surface area contributed by atoms with Crippen molar-refractivity contribution in [3.05, 3.63) is 222 Å². The minimum atomic E-state index is -1.40. The largest absolute Gasteiger partial charge is 0.310 e. The number of para-hydroxylation sites is 4. The Morgan fingerprint density at radius 3 is 1.01 bits per heavy atom. The lowest BCUT2D eigenvalue weighted by Gasteiger charge is -2.57. The Balaban J connectivity index is 0.000000213. The number of hydrogen-bond acceptors (Lipinski definition) is 1. The lowest BCUT2D eigenvalue weighted by molar-refractivity contribution is 0.768. The van der Waals surface area contributed by atoms with Gasteiger partial charge in [0.15, 0.2) is 0 Å². The molecule has 0 amide bonds. The molecule has 0 atom stereocenters. The van der Waals surface area contributed by atoms with Gasteiger partial charge in [0.25, 0.3) is 0 Å². The summed E-state index contributed by atoms with van der Waals surface area (Å²) in [5.74, 6) is 0. The van der Waals surface area contributed by atoms with Crippen LogP contribution in [0.1, 0.15) is 22.3 Å². The van der Waals surface area contributed by atoms with E-state index >= 15 is 0 Å². The van der Waals surface area contributed by atoms with E-state index in [0.29, 0.717) is 0 Å². The molecule has 0 aliphatic heterocycles. The summed E-state index contributed by atoms with van der Waals surface area (Å²) in [7, 11) is 176. The number of benzene rings is 8. The molecule has 411 valence electrons. The Hall–Kier alpha value is -3.66. The van der Waals surface area contributed by atoms with Crippen molar-refractivity contribution < 1.29 is 0 Å². The van der Waals surface area contributed by atoms with Gasteiger partial charge in [-0.3, -0.25) is 8.80 Å². The molecule has 0 fully saturated rings. The van der Waals surface area contributed by atoms with Gasteiger partial charge in [-0.2, -0.15) is 0 Å². The number of rotatable bonds is 30. The third kappa shape index (κ3) is 16.1. The van der Waals surface area contributed by atoms with Gasteiger partial charge in [-0.25, -0.2) is 0 Å². The van der Waals surface area contributed by atoms with Crippen LogP contribution in [0.2, 0.25) is 0 Å². The molecule has 1 aliphatic carbocycles. The molecular formula is C51H33B53N3. The lowest BCUT2D eigenvalue weighted by Crippen LogP contribution is -2.95. The zero-order valence-electron chi connectivity index (χ0n) is 60.0. The molecule has 0 N–H and O–H groups in total. The lowest BCUT2D eigenvalue weighted by atomic mass is 8.24. The molecule has 0 unspecified atom stereocenters. The number of imidazole rings is 1. The topological polar surface area (TPSA) is 12.1 Å². The van der Waals surface area contributed by atoms with E-state index in [2.05, 4.69) is 214 Å². The minimum absolute atomic E-state index is 0.480. The van der Waals surface area contributed by atoms with Crippen molar-refractivity contribution in [3.8, 4) is 11.1 Å². The second kappa shape index (κ2) is 35.8. The van der Waals surface area contributed by atoms with E-state index < -0.39 is 165 Å². The Morgan fingerprint density at radius 2 is 0.589 bits per heavy atom. The Labute approximate surface area is 683 Å². The van der Waals surface area contributed by atoms with Crippen LogP contribution < -0.4 is 4.90 Å². The second-order valence-corrected chi connectivity index (χ2v) is 29.1. The third-order valence-corrected chi connectivity index (χ3v) is 22.8. The zero-order chi connectivity index (χ0) is 77.5. The van der Waals surface area contributed by atoms with Gasteiger partial charge in [0.1, 0.15) is 5.65 Å². The van der Waals surface area contributed by atoms with Crippen molar-refractivity contribution in [3.63, 3.8) is 0 Å². The highest BCUT2D eigenvalue weighted by Gasteiger charge is 2.61. The normalized spacial score (nSPS) is 11.5.